The third-order valence-electron chi connectivity index (χ3n) is 2.77. The molecular weight excluding hydrogens is 322 g/mol. The van der Waals surface area contributed by atoms with E-state index >= 15 is 0 Å². The van der Waals surface area contributed by atoms with Crippen LogP contribution in [0.15, 0.2) is 16.7 Å². The normalized spacial score (nSPS) is 10.8. The molecule has 0 aliphatic rings. The van der Waals surface area contributed by atoms with Crippen LogP contribution in [0.25, 0.3) is 0 Å². The Morgan fingerprint density at radius 2 is 2.10 bits per heavy atom. The molecule has 0 aliphatic carbocycles. The zero-order valence-corrected chi connectivity index (χ0v) is 13.8. The lowest BCUT2D eigenvalue weighted by atomic mass is 10.2. The third kappa shape index (κ3) is 4.67. The van der Waals surface area contributed by atoms with Crippen molar-refractivity contribution < 1.29 is 9.59 Å². The zero-order valence-electron chi connectivity index (χ0n) is 12.2. The standard InChI is InChI=1S/C14H22BrN3O2/c1-4-5-17-8-11(15)6-12(17)14(20)18(7-10(2)3)9-13(16)19/h6,8,10H,4-5,7,9H2,1-3H3,(H2,16,19). The minimum atomic E-state index is -0.494. The topological polar surface area (TPSA) is 68.3 Å². The van der Waals surface area contributed by atoms with Gasteiger partial charge in [0.1, 0.15) is 5.69 Å². The minimum Gasteiger partial charge on any atom is -0.368 e. The van der Waals surface area contributed by atoms with Gasteiger partial charge in [-0.15, -0.1) is 0 Å². The molecule has 0 spiro atoms. The number of primary amides is 1. The van der Waals surface area contributed by atoms with E-state index in [2.05, 4.69) is 22.9 Å². The lowest BCUT2D eigenvalue weighted by Crippen LogP contribution is -2.41. The Morgan fingerprint density at radius 1 is 1.45 bits per heavy atom. The van der Waals surface area contributed by atoms with Gasteiger partial charge in [-0.1, -0.05) is 20.8 Å². The second-order valence-electron chi connectivity index (χ2n) is 5.28. The van der Waals surface area contributed by atoms with E-state index in [1.54, 1.807) is 6.07 Å². The average Bonchev–Trinajstić information content (AvgIpc) is 2.68. The van der Waals surface area contributed by atoms with Crippen molar-refractivity contribution in [3.8, 4) is 0 Å². The summed E-state index contributed by atoms with van der Waals surface area (Å²) >= 11 is 3.39. The molecule has 0 radical (unpaired) electrons. The van der Waals surface area contributed by atoms with Crippen molar-refractivity contribution in [2.45, 2.75) is 33.7 Å². The Bertz CT molecular complexity index is 483. The number of amides is 2. The SMILES string of the molecule is CCCn1cc(Br)cc1C(=O)N(CC(N)=O)CC(C)C. The van der Waals surface area contributed by atoms with Gasteiger partial charge in [0, 0.05) is 23.8 Å². The van der Waals surface area contributed by atoms with Crippen LogP contribution < -0.4 is 5.73 Å². The van der Waals surface area contributed by atoms with Crippen molar-refractivity contribution in [2.24, 2.45) is 11.7 Å². The number of hydrogen-bond donors (Lipinski definition) is 1. The van der Waals surface area contributed by atoms with Crippen molar-refractivity contribution in [3.63, 3.8) is 0 Å². The monoisotopic (exact) mass is 343 g/mol. The number of aromatic nitrogens is 1. The fourth-order valence-corrected chi connectivity index (χ4v) is 2.55. The van der Waals surface area contributed by atoms with Crippen LogP contribution in [0, 0.1) is 5.92 Å². The molecule has 6 heteroatoms. The quantitative estimate of drug-likeness (QED) is 0.824. The highest BCUT2D eigenvalue weighted by atomic mass is 79.9. The van der Waals surface area contributed by atoms with E-state index in [-0.39, 0.29) is 18.4 Å². The molecule has 0 aromatic carbocycles. The fraction of sp³-hybridized carbons (Fsp3) is 0.571. The second-order valence-corrected chi connectivity index (χ2v) is 6.20. The van der Waals surface area contributed by atoms with E-state index in [0.29, 0.717) is 12.2 Å². The maximum absolute atomic E-state index is 12.6. The molecule has 0 aliphatic heterocycles. The summed E-state index contributed by atoms with van der Waals surface area (Å²) in [4.78, 5) is 25.3. The van der Waals surface area contributed by atoms with Crippen LogP contribution in [0.5, 0.6) is 0 Å². The second kappa shape index (κ2) is 7.47. The smallest absolute Gasteiger partial charge is 0.270 e. The molecule has 1 heterocycles. The highest BCUT2D eigenvalue weighted by molar-refractivity contribution is 9.10. The molecular formula is C14H22BrN3O2. The molecule has 112 valence electrons. The van der Waals surface area contributed by atoms with Gasteiger partial charge in [0.15, 0.2) is 0 Å². The van der Waals surface area contributed by atoms with E-state index in [1.807, 2.05) is 24.6 Å². The van der Waals surface area contributed by atoms with Gasteiger partial charge in [0.2, 0.25) is 5.91 Å². The molecule has 0 saturated carbocycles. The Labute approximate surface area is 128 Å². The number of halogens is 1. The predicted octanol–water partition coefficient (Wildman–Crippen LogP) is 2.24. The summed E-state index contributed by atoms with van der Waals surface area (Å²) in [5.41, 5.74) is 5.82. The Morgan fingerprint density at radius 3 is 2.60 bits per heavy atom. The van der Waals surface area contributed by atoms with E-state index in [1.165, 1.54) is 4.90 Å². The lowest BCUT2D eigenvalue weighted by Gasteiger charge is -2.23. The largest absolute Gasteiger partial charge is 0.368 e. The van der Waals surface area contributed by atoms with Gasteiger partial charge in [-0.3, -0.25) is 9.59 Å². The molecule has 5 nitrogen and oxygen atoms in total. The van der Waals surface area contributed by atoms with Gasteiger partial charge >= 0.3 is 0 Å². The van der Waals surface area contributed by atoms with Gasteiger partial charge in [0.05, 0.1) is 6.54 Å². The molecule has 0 saturated heterocycles. The van der Waals surface area contributed by atoms with E-state index < -0.39 is 5.91 Å². The van der Waals surface area contributed by atoms with Gasteiger partial charge < -0.3 is 15.2 Å². The third-order valence-corrected chi connectivity index (χ3v) is 3.20. The summed E-state index contributed by atoms with van der Waals surface area (Å²) in [5, 5.41) is 0. The average molecular weight is 344 g/mol. The zero-order chi connectivity index (χ0) is 15.3. The van der Waals surface area contributed by atoms with Crippen LogP contribution in [0.2, 0.25) is 0 Å². The van der Waals surface area contributed by atoms with Gasteiger partial charge in [-0.05, 0) is 34.3 Å². The Kier molecular flexibility index (Phi) is 6.26. The summed E-state index contributed by atoms with van der Waals surface area (Å²) in [6.45, 7) is 7.28. The van der Waals surface area contributed by atoms with Crippen molar-refractivity contribution in [3.05, 3.63) is 22.4 Å². The van der Waals surface area contributed by atoms with Crippen LogP contribution in [0.1, 0.15) is 37.7 Å². The molecule has 2 N–H and O–H groups in total. The number of nitrogens with zero attached hydrogens (tertiary/aromatic N) is 2. The number of hydrogen-bond acceptors (Lipinski definition) is 2. The number of rotatable bonds is 7. The van der Waals surface area contributed by atoms with E-state index in [9.17, 15) is 9.59 Å². The summed E-state index contributed by atoms with van der Waals surface area (Å²) in [6.07, 6.45) is 2.82. The highest BCUT2D eigenvalue weighted by Gasteiger charge is 2.22. The molecule has 20 heavy (non-hydrogen) atoms. The van der Waals surface area contributed by atoms with Gasteiger partial charge in [-0.2, -0.15) is 0 Å². The number of nitrogens with two attached hydrogens (primary N) is 1. The van der Waals surface area contributed by atoms with E-state index in [0.717, 1.165) is 17.4 Å². The summed E-state index contributed by atoms with van der Waals surface area (Å²) < 4.78 is 2.76. The molecule has 0 fully saturated rings. The Balaban J connectivity index is 3.01. The first kappa shape index (κ1) is 16.8. The highest BCUT2D eigenvalue weighted by Crippen LogP contribution is 2.18. The molecule has 0 unspecified atom stereocenters. The van der Waals surface area contributed by atoms with Crippen LogP contribution >= 0.6 is 15.9 Å². The van der Waals surface area contributed by atoms with Gasteiger partial charge in [0.25, 0.3) is 5.91 Å². The van der Waals surface area contributed by atoms with E-state index in [4.69, 9.17) is 5.73 Å². The van der Waals surface area contributed by atoms with Crippen molar-refractivity contribution in [2.75, 3.05) is 13.1 Å². The predicted molar refractivity (Wildman–Crippen MR) is 82.4 cm³/mol. The molecule has 0 atom stereocenters. The maximum atomic E-state index is 12.6. The lowest BCUT2D eigenvalue weighted by molar-refractivity contribution is -0.118. The summed E-state index contributed by atoms with van der Waals surface area (Å²) in [5.74, 6) is -0.375. The summed E-state index contributed by atoms with van der Waals surface area (Å²) in [7, 11) is 0. The number of aryl methyl sites for hydroxylation is 1. The molecule has 1 aromatic rings. The fourth-order valence-electron chi connectivity index (χ4n) is 2.09. The summed E-state index contributed by atoms with van der Waals surface area (Å²) in [6, 6.07) is 1.78. The van der Waals surface area contributed by atoms with Crippen LogP contribution in [-0.2, 0) is 11.3 Å². The number of carbonyl (C=O) groups is 2. The first-order valence-corrected chi connectivity index (χ1v) is 7.57. The van der Waals surface area contributed by atoms with Crippen LogP contribution in [-0.4, -0.2) is 34.4 Å². The van der Waals surface area contributed by atoms with Crippen LogP contribution in [0.3, 0.4) is 0 Å². The van der Waals surface area contributed by atoms with Crippen molar-refractivity contribution in [1.82, 2.24) is 9.47 Å². The Hall–Kier alpha value is -1.30. The first-order chi connectivity index (χ1) is 9.35. The number of carbonyl (C=O) groups excluding carboxylic acids is 2. The molecule has 1 aromatic heterocycles. The van der Waals surface area contributed by atoms with Crippen molar-refractivity contribution >= 4 is 27.7 Å². The molecule has 1 rings (SSSR count). The van der Waals surface area contributed by atoms with Crippen LogP contribution in [0.4, 0.5) is 0 Å². The van der Waals surface area contributed by atoms with Gasteiger partial charge in [-0.25, -0.2) is 0 Å². The molecule has 2 amide bonds. The maximum Gasteiger partial charge on any atom is 0.270 e. The molecule has 0 bridgehead atoms. The van der Waals surface area contributed by atoms with Crippen molar-refractivity contribution in [1.29, 1.82) is 0 Å². The first-order valence-electron chi connectivity index (χ1n) is 6.78. The minimum absolute atomic E-state index is 0.0497.